The summed E-state index contributed by atoms with van der Waals surface area (Å²) in [6.07, 6.45) is 1.90. The highest BCUT2D eigenvalue weighted by Crippen LogP contribution is 2.33. The number of alkyl halides is 1. The summed E-state index contributed by atoms with van der Waals surface area (Å²) in [5.41, 5.74) is 1.45. The Morgan fingerprint density at radius 3 is 2.50 bits per heavy atom. The van der Waals surface area contributed by atoms with Crippen LogP contribution in [-0.4, -0.2) is 31.1 Å². The number of carbonyl (C=O) groups is 1. The largest absolute Gasteiger partial charge is 0.462 e. The molecule has 1 saturated heterocycles. The molecule has 5 heteroatoms. The predicted octanol–water partition coefficient (Wildman–Crippen LogP) is 3.24. The molecule has 1 aliphatic rings. The average molecular weight is 343 g/mol. The molecule has 0 amide bonds. The lowest BCUT2D eigenvalue weighted by molar-refractivity contribution is -0.144. The molecule has 0 aliphatic carbocycles. The molecule has 0 bridgehead atoms. The number of halogens is 1. The van der Waals surface area contributed by atoms with Crippen molar-refractivity contribution >= 4 is 21.9 Å². The molecule has 0 spiro atoms. The van der Waals surface area contributed by atoms with Gasteiger partial charge >= 0.3 is 5.97 Å². The minimum absolute atomic E-state index is 0.286. The van der Waals surface area contributed by atoms with Crippen LogP contribution in [0, 0.1) is 0 Å². The van der Waals surface area contributed by atoms with Crippen LogP contribution >= 0.6 is 15.9 Å². The van der Waals surface area contributed by atoms with Crippen LogP contribution in [0.3, 0.4) is 0 Å². The van der Waals surface area contributed by atoms with E-state index in [-0.39, 0.29) is 5.97 Å². The Balaban J connectivity index is 2.04. The van der Waals surface area contributed by atoms with Gasteiger partial charge in [0, 0.05) is 5.56 Å². The molecule has 2 rings (SSSR count). The van der Waals surface area contributed by atoms with Crippen molar-refractivity contribution in [2.75, 3.05) is 25.2 Å². The first kappa shape index (κ1) is 15.5. The van der Waals surface area contributed by atoms with Crippen molar-refractivity contribution in [3.63, 3.8) is 0 Å². The number of ether oxygens (including phenoxy) is 3. The van der Waals surface area contributed by atoms with Crippen LogP contribution < -0.4 is 0 Å². The van der Waals surface area contributed by atoms with Crippen LogP contribution in [0.4, 0.5) is 0 Å². The molecule has 1 aliphatic heterocycles. The van der Waals surface area contributed by atoms with E-state index in [2.05, 4.69) is 22.9 Å². The van der Waals surface area contributed by atoms with Gasteiger partial charge in [-0.1, -0.05) is 41.4 Å². The Labute approximate surface area is 127 Å². The molecule has 1 aromatic rings. The molecule has 1 heterocycles. The van der Waals surface area contributed by atoms with E-state index < -0.39 is 5.79 Å². The molecule has 110 valence electrons. The Hall–Kier alpha value is -0.910. The monoisotopic (exact) mass is 342 g/mol. The second kappa shape index (κ2) is 7.20. The number of benzene rings is 1. The van der Waals surface area contributed by atoms with Gasteiger partial charge in [-0.25, -0.2) is 4.79 Å². The van der Waals surface area contributed by atoms with Gasteiger partial charge in [-0.2, -0.15) is 0 Å². The first-order valence-electron chi connectivity index (χ1n) is 6.83. The van der Waals surface area contributed by atoms with E-state index in [1.54, 1.807) is 12.1 Å². The fourth-order valence-electron chi connectivity index (χ4n) is 2.03. The zero-order valence-electron chi connectivity index (χ0n) is 11.6. The molecule has 0 unspecified atom stereocenters. The molecule has 0 aromatic heterocycles. The fourth-order valence-corrected chi connectivity index (χ4v) is 2.68. The number of carbonyl (C=O) groups excluding carboxylic acids is 1. The summed E-state index contributed by atoms with van der Waals surface area (Å²) < 4.78 is 16.5. The number of rotatable bonds is 6. The molecule has 20 heavy (non-hydrogen) atoms. The topological polar surface area (TPSA) is 44.8 Å². The molecule has 0 radical (unpaired) electrons. The van der Waals surface area contributed by atoms with E-state index in [1.807, 2.05) is 12.1 Å². The molecule has 0 N–H and O–H groups in total. The second-order valence-electron chi connectivity index (χ2n) is 4.65. The maximum absolute atomic E-state index is 11.8. The maximum atomic E-state index is 11.8. The third-order valence-corrected chi connectivity index (χ3v) is 3.96. The minimum Gasteiger partial charge on any atom is -0.462 e. The quantitative estimate of drug-likeness (QED) is 0.452. The Morgan fingerprint density at radius 2 is 1.95 bits per heavy atom. The Morgan fingerprint density at radius 1 is 1.30 bits per heavy atom. The normalized spacial score (nSPS) is 17.1. The van der Waals surface area contributed by atoms with E-state index in [1.165, 1.54) is 0 Å². The van der Waals surface area contributed by atoms with Gasteiger partial charge in [0.25, 0.3) is 0 Å². The predicted molar refractivity (Wildman–Crippen MR) is 79.0 cm³/mol. The molecular weight excluding hydrogens is 324 g/mol. The van der Waals surface area contributed by atoms with E-state index in [9.17, 15) is 4.79 Å². The van der Waals surface area contributed by atoms with Crippen LogP contribution in [-0.2, 0) is 20.0 Å². The number of hydrogen-bond donors (Lipinski definition) is 0. The standard InChI is InChI=1S/C15H19BrO4/c1-2-3-8-18-14(17)12-4-6-13(7-5-12)15(11-16)19-9-10-20-15/h4-7H,2-3,8-11H2,1H3. The van der Waals surface area contributed by atoms with E-state index in [0.717, 1.165) is 18.4 Å². The summed E-state index contributed by atoms with van der Waals surface area (Å²) in [6.45, 7) is 3.68. The van der Waals surface area contributed by atoms with Gasteiger partial charge in [0.15, 0.2) is 0 Å². The molecule has 1 fully saturated rings. The van der Waals surface area contributed by atoms with Crippen LogP contribution in [0.1, 0.15) is 35.7 Å². The Kier molecular flexibility index (Phi) is 5.57. The first-order chi connectivity index (χ1) is 9.72. The lowest BCUT2D eigenvalue weighted by Gasteiger charge is -2.25. The lowest BCUT2D eigenvalue weighted by atomic mass is 10.1. The van der Waals surface area contributed by atoms with Crippen molar-refractivity contribution in [2.24, 2.45) is 0 Å². The van der Waals surface area contributed by atoms with Crippen LogP contribution in [0.15, 0.2) is 24.3 Å². The van der Waals surface area contributed by atoms with Crippen LogP contribution in [0.2, 0.25) is 0 Å². The van der Waals surface area contributed by atoms with Gasteiger partial charge in [-0.3, -0.25) is 0 Å². The van der Waals surface area contributed by atoms with Crippen molar-refractivity contribution in [3.05, 3.63) is 35.4 Å². The van der Waals surface area contributed by atoms with Gasteiger partial charge in [-0.05, 0) is 18.6 Å². The molecule has 4 nitrogen and oxygen atoms in total. The van der Waals surface area contributed by atoms with Crippen molar-refractivity contribution < 1.29 is 19.0 Å². The summed E-state index contributed by atoms with van der Waals surface area (Å²) in [4.78, 5) is 11.8. The first-order valence-corrected chi connectivity index (χ1v) is 7.95. The minimum atomic E-state index is -0.732. The summed E-state index contributed by atoms with van der Waals surface area (Å²) >= 11 is 3.42. The van der Waals surface area contributed by atoms with Gasteiger partial charge in [0.1, 0.15) is 0 Å². The van der Waals surface area contributed by atoms with E-state index >= 15 is 0 Å². The van der Waals surface area contributed by atoms with Crippen LogP contribution in [0.25, 0.3) is 0 Å². The van der Waals surface area contributed by atoms with Gasteiger partial charge in [-0.15, -0.1) is 0 Å². The molecular formula is C15H19BrO4. The number of esters is 1. The average Bonchev–Trinajstić information content (AvgIpc) is 2.98. The fraction of sp³-hybridized carbons (Fsp3) is 0.533. The zero-order valence-corrected chi connectivity index (χ0v) is 13.1. The Bertz CT molecular complexity index is 438. The van der Waals surface area contributed by atoms with Gasteiger partial charge in [0.05, 0.1) is 30.7 Å². The summed E-state index contributed by atoms with van der Waals surface area (Å²) in [6, 6.07) is 7.20. The van der Waals surface area contributed by atoms with Crippen molar-refractivity contribution in [2.45, 2.75) is 25.6 Å². The summed E-state index contributed by atoms with van der Waals surface area (Å²) in [7, 11) is 0. The third kappa shape index (κ3) is 3.40. The second-order valence-corrected chi connectivity index (χ2v) is 5.21. The number of hydrogen-bond acceptors (Lipinski definition) is 4. The molecule has 1 aromatic carbocycles. The van der Waals surface area contributed by atoms with E-state index in [0.29, 0.717) is 30.7 Å². The summed E-state index contributed by atoms with van der Waals surface area (Å²) in [5.74, 6) is -1.02. The highest BCUT2D eigenvalue weighted by atomic mass is 79.9. The molecule has 0 saturated carbocycles. The summed E-state index contributed by atoms with van der Waals surface area (Å²) in [5, 5.41) is 0.556. The third-order valence-electron chi connectivity index (χ3n) is 3.22. The highest BCUT2D eigenvalue weighted by Gasteiger charge is 2.37. The van der Waals surface area contributed by atoms with Gasteiger partial charge < -0.3 is 14.2 Å². The van der Waals surface area contributed by atoms with Crippen molar-refractivity contribution in [1.82, 2.24) is 0 Å². The smallest absolute Gasteiger partial charge is 0.338 e. The highest BCUT2D eigenvalue weighted by molar-refractivity contribution is 9.09. The van der Waals surface area contributed by atoms with Crippen LogP contribution in [0.5, 0.6) is 0 Å². The molecule has 0 atom stereocenters. The number of unbranched alkanes of at least 4 members (excludes halogenated alkanes) is 1. The van der Waals surface area contributed by atoms with Crippen molar-refractivity contribution in [3.8, 4) is 0 Å². The maximum Gasteiger partial charge on any atom is 0.338 e. The lowest BCUT2D eigenvalue weighted by Crippen LogP contribution is -2.29. The van der Waals surface area contributed by atoms with Crippen molar-refractivity contribution in [1.29, 1.82) is 0 Å². The van der Waals surface area contributed by atoms with Gasteiger partial charge in [0.2, 0.25) is 5.79 Å². The zero-order chi connectivity index (χ0) is 14.4. The SMILES string of the molecule is CCCCOC(=O)c1ccc(C2(CBr)OCCO2)cc1. The van der Waals surface area contributed by atoms with E-state index in [4.69, 9.17) is 14.2 Å².